The third-order valence-corrected chi connectivity index (χ3v) is 3.88. The molecule has 1 N–H and O–H groups in total. The first-order valence-electron chi connectivity index (χ1n) is 6.74. The molecule has 2 aromatic heterocycles. The lowest BCUT2D eigenvalue weighted by Crippen LogP contribution is -1.96. The number of nitrogens with one attached hydrogen (secondary N) is 1. The highest BCUT2D eigenvalue weighted by molar-refractivity contribution is 9.10. The molecule has 0 aliphatic carbocycles. The van der Waals surface area contributed by atoms with Gasteiger partial charge in [-0.25, -0.2) is 0 Å². The Bertz CT molecular complexity index is 860. The molecule has 22 heavy (non-hydrogen) atoms. The van der Waals surface area contributed by atoms with Crippen molar-refractivity contribution in [2.45, 2.75) is 13.3 Å². The molecule has 0 fully saturated rings. The first-order chi connectivity index (χ1) is 10.7. The van der Waals surface area contributed by atoms with Gasteiger partial charge in [0.15, 0.2) is 5.82 Å². The van der Waals surface area contributed by atoms with Crippen LogP contribution >= 0.6 is 28.1 Å². The summed E-state index contributed by atoms with van der Waals surface area (Å²) in [6, 6.07) is 11.7. The monoisotopic (exact) mass is 376 g/mol. The minimum absolute atomic E-state index is 0.466. The lowest BCUT2D eigenvalue weighted by atomic mass is 10.2. The van der Waals surface area contributed by atoms with Crippen molar-refractivity contribution < 1.29 is 4.42 Å². The third-order valence-electron chi connectivity index (χ3n) is 3.09. The van der Waals surface area contributed by atoms with Crippen LogP contribution in [0.5, 0.6) is 0 Å². The minimum atomic E-state index is 0.466. The molecular formula is C15H13BrN4OS. The Morgan fingerprint density at radius 1 is 1.32 bits per heavy atom. The molecule has 0 saturated carbocycles. The van der Waals surface area contributed by atoms with Gasteiger partial charge in [-0.1, -0.05) is 35.0 Å². The summed E-state index contributed by atoms with van der Waals surface area (Å²) in [6.45, 7) is 2.00. The molecule has 0 aliphatic rings. The Kier molecular flexibility index (Phi) is 4.35. The average Bonchev–Trinajstić information content (AvgIpc) is 3.12. The van der Waals surface area contributed by atoms with E-state index < -0.39 is 0 Å². The van der Waals surface area contributed by atoms with Crippen LogP contribution in [0.25, 0.3) is 11.3 Å². The van der Waals surface area contributed by atoms with Gasteiger partial charge in [0.05, 0.1) is 6.21 Å². The summed E-state index contributed by atoms with van der Waals surface area (Å²) in [4.78, 5) is 0. The first kappa shape index (κ1) is 14.9. The fraction of sp³-hybridized carbons (Fsp3) is 0.133. The highest BCUT2D eigenvalue weighted by Gasteiger charge is 2.05. The summed E-state index contributed by atoms with van der Waals surface area (Å²) < 4.78 is 8.87. The van der Waals surface area contributed by atoms with Crippen molar-refractivity contribution >= 4 is 34.4 Å². The maximum Gasteiger partial charge on any atom is 0.216 e. The van der Waals surface area contributed by atoms with Crippen molar-refractivity contribution in [2.75, 3.05) is 0 Å². The zero-order valence-corrected chi connectivity index (χ0v) is 14.2. The SMILES string of the molecule is CCc1n[nH]c(=S)n1/N=C/c1ccc(-c2ccc(Br)cc2)o1. The van der Waals surface area contributed by atoms with Gasteiger partial charge < -0.3 is 4.42 Å². The zero-order chi connectivity index (χ0) is 15.5. The second-order valence-corrected chi connectivity index (χ2v) is 5.87. The molecule has 112 valence electrons. The third kappa shape index (κ3) is 3.10. The van der Waals surface area contributed by atoms with Gasteiger partial charge in [0.1, 0.15) is 11.5 Å². The van der Waals surface area contributed by atoms with Crippen LogP contribution in [-0.2, 0) is 6.42 Å². The van der Waals surface area contributed by atoms with Gasteiger partial charge >= 0.3 is 0 Å². The van der Waals surface area contributed by atoms with E-state index in [-0.39, 0.29) is 0 Å². The lowest BCUT2D eigenvalue weighted by Gasteiger charge is -1.97. The standard InChI is InChI=1S/C15H13BrN4OS/c1-2-14-18-19-15(22)20(14)17-9-12-7-8-13(21-12)10-3-5-11(16)6-4-10/h3-9H,2H2,1H3,(H,19,22)/b17-9+. The first-order valence-corrected chi connectivity index (χ1v) is 7.94. The van der Waals surface area contributed by atoms with Crippen LogP contribution < -0.4 is 0 Å². The number of furan rings is 1. The summed E-state index contributed by atoms with van der Waals surface area (Å²) in [6.07, 6.45) is 2.37. The highest BCUT2D eigenvalue weighted by Crippen LogP contribution is 2.23. The van der Waals surface area contributed by atoms with Gasteiger partial charge in [-0.05, 0) is 36.5 Å². The molecule has 7 heteroatoms. The Balaban J connectivity index is 1.85. The van der Waals surface area contributed by atoms with E-state index in [1.54, 1.807) is 10.9 Å². The number of aromatic nitrogens is 3. The van der Waals surface area contributed by atoms with Crippen molar-refractivity contribution in [3.05, 3.63) is 57.2 Å². The molecule has 0 saturated heterocycles. The number of H-pyrrole nitrogens is 1. The van der Waals surface area contributed by atoms with Crippen LogP contribution in [0.3, 0.4) is 0 Å². The van der Waals surface area contributed by atoms with E-state index in [1.807, 2.05) is 43.3 Å². The Hall–Kier alpha value is -1.99. The average molecular weight is 377 g/mol. The van der Waals surface area contributed by atoms with E-state index >= 15 is 0 Å². The molecule has 0 atom stereocenters. The quantitative estimate of drug-likeness (QED) is 0.541. The van der Waals surface area contributed by atoms with Crippen LogP contribution in [0, 0.1) is 4.77 Å². The van der Waals surface area contributed by atoms with Crippen LogP contribution in [0.15, 0.2) is 50.4 Å². The van der Waals surface area contributed by atoms with E-state index in [0.29, 0.717) is 10.5 Å². The Morgan fingerprint density at radius 3 is 2.82 bits per heavy atom. The minimum Gasteiger partial charge on any atom is -0.455 e. The molecule has 0 amide bonds. The number of nitrogens with zero attached hydrogens (tertiary/aromatic N) is 3. The molecule has 0 radical (unpaired) electrons. The molecule has 1 aromatic carbocycles. The molecule has 0 unspecified atom stereocenters. The summed E-state index contributed by atoms with van der Waals surface area (Å²) >= 11 is 8.56. The summed E-state index contributed by atoms with van der Waals surface area (Å²) in [5.74, 6) is 2.23. The number of hydrogen-bond acceptors (Lipinski definition) is 4. The van der Waals surface area contributed by atoms with Crippen LogP contribution in [0.2, 0.25) is 0 Å². The van der Waals surface area contributed by atoms with E-state index in [2.05, 4.69) is 31.2 Å². The Morgan fingerprint density at radius 2 is 2.09 bits per heavy atom. The molecule has 3 aromatic rings. The van der Waals surface area contributed by atoms with Crippen LogP contribution in [-0.4, -0.2) is 21.1 Å². The molecule has 0 bridgehead atoms. The fourth-order valence-corrected chi connectivity index (χ4v) is 2.44. The van der Waals surface area contributed by atoms with Gasteiger partial charge in [-0.15, -0.1) is 0 Å². The number of benzene rings is 1. The molecule has 2 heterocycles. The number of rotatable bonds is 4. The van der Waals surface area contributed by atoms with E-state index in [1.165, 1.54) is 0 Å². The zero-order valence-electron chi connectivity index (χ0n) is 11.8. The summed E-state index contributed by atoms with van der Waals surface area (Å²) in [7, 11) is 0. The maximum absolute atomic E-state index is 5.78. The van der Waals surface area contributed by atoms with Gasteiger partial charge in [-0.2, -0.15) is 14.9 Å². The van der Waals surface area contributed by atoms with E-state index in [9.17, 15) is 0 Å². The number of hydrogen-bond donors (Lipinski definition) is 1. The van der Waals surface area contributed by atoms with Gasteiger partial charge in [0.25, 0.3) is 0 Å². The van der Waals surface area contributed by atoms with Crippen LogP contribution in [0.1, 0.15) is 18.5 Å². The second-order valence-electron chi connectivity index (χ2n) is 4.56. The molecular weight excluding hydrogens is 364 g/mol. The molecule has 3 rings (SSSR count). The van der Waals surface area contributed by atoms with Crippen molar-refractivity contribution in [2.24, 2.45) is 5.10 Å². The molecule has 5 nitrogen and oxygen atoms in total. The second kappa shape index (κ2) is 6.41. The number of halogens is 1. The summed E-state index contributed by atoms with van der Waals surface area (Å²) in [5.41, 5.74) is 1.01. The Labute approximate surface area is 140 Å². The largest absolute Gasteiger partial charge is 0.455 e. The summed E-state index contributed by atoms with van der Waals surface area (Å²) in [5, 5.41) is 11.2. The predicted molar refractivity (Wildman–Crippen MR) is 91.6 cm³/mol. The van der Waals surface area contributed by atoms with Crippen molar-refractivity contribution in [3.63, 3.8) is 0 Å². The predicted octanol–water partition coefficient (Wildman–Crippen LogP) is 4.41. The van der Waals surface area contributed by atoms with Gasteiger partial charge in [0.2, 0.25) is 4.77 Å². The van der Waals surface area contributed by atoms with Crippen molar-refractivity contribution in [1.82, 2.24) is 14.9 Å². The normalized spacial score (nSPS) is 11.4. The highest BCUT2D eigenvalue weighted by atomic mass is 79.9. The maximum atomic E-state index is 5.78. The molecule has 0 spiro atoms. The lowest BCUT2D eigenvalue weighted by molar-refractivity contribution is 0.574. The molecule has 0 aliphatic heterocycles. The smallest absolute Gasteiger partial charge is 0.216 e. The van der Waals surface area contributed by atoms with Crippen molar-refractivity contribution in [1.29, 1.82) is 0 Å². The van der Waals surface area contributed by atoms with E-state index in [0.717, 1.165) is 28.0 Å². The van der Waals surface area contributed by atoms with Crippen molar-refractivity contribution in [3.8, 4) is 11.3 Å². The van der Waals surface area contributed by atoms with Gasteiger partial charge in [0, 0.05) is 16.5 Å². The topological polar surface area (TPSA) is 59.1 Å². The number of aromatic amines is 1. The van der Waals surface area contributed by atoms with E-state index in [4.69, 9.17) is 16.6 Å². The van der Waals surface area contributed by atoms with Gasteiger partial charge in [-0.3, -0.25) is 5.10 Å². The fourth-order valence-electron chi connectivity index (χ4n) is 1.98. The number of aryl methyl sites for hydroxylation is 1. The van der Waals surface area contributed by atoms with Crippen LogP contribution in [0.4, 0.5) is 0 Å².